The van der Waals surface area contributed by atoms with Gasteiger partial charge in [0.1, 0.15) is 6.04 Å². The van der Waals surface area contributed by atoms with Gasteiger partial charge in [-0.15, -0.1) is 0 Å². The standard InChI is InChI=1S/C14H25N3O3/c1-5-16(4)8-12-6-7-13(17(12)9-18)14(20)15-10(2)11(3)19/h9-10,12-13H,5-8H2,1-4H3,(H,15,20). The molecule has 0 spiro atoms. The zero-order valence-corrected chi connectivity index (χ0v) is 12.8. The largest absolute Gasteiger partial charge is 0.345 e. The van der Waals surface area contributed by atoms with E-state index in [9.17, 15) is 14.4 Å². The van der Waals surface area contributed by atoms with Crippen LogP contribution in [0.4, 0.5) is 0 Å². The molecule has 0 radical (unpaired) electrons. The van der Waals surface area contributed by atoms with E-state index in [-0.39, 0.29) is 17.7 Å². The molecule has 0 aliphatic carbocycles. The molecule has 3 unspecified atom stereocenters. The molecule has 1 saturated heterocycles. The van der Waals surface area contributed by atoms with Gasteiger partial charge in [-0.2, -0.15) is 0 Å². The molecule has 1 aliphatic rings. The molecule has 1 heterocycles. The van der Waals surface area contributed by atoms with Gasteiger partial charge in [-0.1, -0.05) is 6.92 Å². The number of hydrogen-bond acceptors (Lipinski definition) is 4. The second-order valence-electron chi connectivity index (χ2n) is 5.50. The van der Waals surface area contributed by atoms with E-state index in [1.165, 1.54) is 6.92 Å². The van der Waals surface area contributed by atoms with E-state index in [0.717, 1.165) is 25.9 Å². The Balaban J connectivity index is 2.65. The first-order valence-electron chi connectivity index (χ1n) is 7.12. The summed E-state index contributed by atoms with van der Waals surface area (Å²) in [6.07, 6.45) is 2.22. The average molecular weight is 283 g/mol. The fourth-order valence-corrected chi connectivity index (χ4v) is 2.41. The molecular weight excluding hydrogens is 258 g/mol. The lowest BCUT2D eigenvalue weighted by atomic mass is 10.1. The van der Waals surface area contributed by atoms with Crippen LogP contribution in [0.15, 0.2) is 0 Å². The van der Waals surface area contributed by atoms with Crippen LogP contribution in [-0.2, 0) is 14.4 Å². The number of Topliss-reactive ketones (excluding diaryl/α,β-unsaturated/α-hetero) is 1. The van der Waals surface area contributed by atoms with Crippen LogP contribution < -0.4 is 5.32 Å². The third-order valence-corrected chi connectivity index (χ3v) is 4.01. The first-order chi connectivity index (χ1) is 9.40. The SMILES string of the molecule is CCN(C)CC1CCC(C(=O)NC(C)C(C)=O)N1C=O. The Morgan fingerprint density at radius 3 is 2.60 bits per heavy atom. The number of carbonyl (C=O) groups is 3. The molecule has 0 saturated carbocycles. The van der Waals surface area contributed by atoms with Crippen molar-refractivity contribution < 1.29 is 14.4 Å². The van der Waals surface area contributed by atoms with Gasteiger partial charge < -0.3 is 15.1 Å². The quantitative estimate of drug-likeness (QED) is 0.669. The monoisotopic (exact) mass is 283 g/mol. The third-order valence-electron chi connectivity index (χ3n) is 4.01. The Labute approximate surface area is 120 Å². The maximum atomic E-state index is 12.2. The molecule has 20 heavy (non-hydrogen) atoms. The highest BCUT2D eigenvalue weighted by molar-refractivity contribution is 5.90. The minimum atomic E-state index is -0.506. The predicted molar refractivity (Wildman–Crippen MR) is 76.2 cm³/mol. The molecule has 6 heteroatoms. The summed E-state index contributed by atoms with van der Waals surface area (Å²) in [5, 5.41) is 2.67. The van der Waals surface area contributed by atoms with Crippen LogP contribution in [0.5, 0.6) is 0 Å². The number of likely N-dealkylation sites (tertiary alicyclic amines) is 1. The van der Waals surface area contributed by atoms with Gasteiger partial charge in [-0.05, 0) is 40.3 Å². The number of carbonyl (C=O) groups excluding carboxylic acids is 3. The molecule has 0 aromatic heterocycles. The van der Waals surface area contributed by atoms with Crippen LogP contribution in [-0.4, -0.2) is 66.2 Å². The highest BCUT2D eigenvalue weighted by Crippen LogP contribution is 2.23. The van der Waals surface area contributed by atoms with E-state index in [1.807, 2.05) is 7.05 Å². The van der Waals surface area contributed by atoms with Crippen LogP contribution in [0.25, 0.3) is 0 Å². The van der Waals surface area contributed by atoms with E-state index in [2.05, 4.69) is 17.1 Å². The number of amides is 2. The number of rotatable bonds is 7. The normalized spacial score (nSPS) is 23.8. The molecule has 6 nitrogen and oxygen atoms in total. The van der Waals surface area contributed by atoms with Crippen molar-refractivity contribution in [3.8, 4) is 0 Å². The molecule has 0 aromatic rings. The maximum Gasteiger partial charge on any atom is 0.243 e. The average Bonchev–Trinajstić information content (AvgIpc) is 2.80. The van der Waals surface area contributed by atoms with Crippen molar-refractivity contribution in [1.82, 2.24) is 15.1 Å². The van der Waals surface area contributed by atoms with E-state index in [4.69, 9.17) is 0 Å². The predicted octanol–water partition coefficient (Wildman–Crippen LogP) is 0.0212. The number of ketones is 1. The number of nitrogens with zero attached hydrogens (tertiary/aromatic N) is 2. The Bertz CT molecular complexity index is 373. The van der Waals surface area contributed by atoms with Crippen molar-refractivity contribution in [2.45, 2.75) is 51.7 Å². The Morgan fingerprint density at radius 1 is 1.45 bits per heavy atom. The highest BCUT2D eigenvalue weighted by Gasteiger charge is 2.37. The van der Waals surface area contributed by atoms with Gasteiger partial charge >= 0.3 is 0 Å². The third kappa shape index (κ3) is 4.03. The van der Waals surface area contributed by atoms with Gasteiger partial charge in [-0.25, -0.2) is 0 Å². The summed E-state index contributed by atoms with van der Waals surface area (Å²) in [5.74, 6) is -0.322. The minimum Gasteiger partial charge on any atom is -0.345 e. The molecule has 2 amide bonds. The van der Waals surface area contributed by atoms with Gasteiger partial charge in [0.25, 0.3) is 0 Å². The summed E-state index contributed by atoms with van der Waals surface area (Å²) in [7, 11) is 1.99. The Hall–Kier alpha value is -1.43. The van der Waals surface area contributed by atoms with E-state index in [0.29, 0.717) is 6.42 Å². The summed E-state index contributed by atoms with van der Waals surface area (Å²) in [6, 6.07) is -0.890. The summed E-state index contributed by atoms with van der Waals surface area (Å²) in [6.45, 7) is 6.82. The van der Waals surface area contributed by atoms with Crippen molar-refractivity contribution in [3.05, 3.63) is 0 Å². The molecule has 1 fully saturated rings. The Morgan fingerprint density at radius 2 is 2.10 bits per heavy atom. The zero-order valence-electron chi connectivity index (χ0n) is 12.8. The fraction of sp³-hybridized carbons (Fsp3) is 0.786. The molecule has 1 N–H and O–H groups in total. The second kappa shape index (κ2) is 7.38. The van der Waals surface area contributed by atoms with Crippen molar-refractivity contribution in [2.75, 3.05) is 20.1 Å². The summed E-state index contributed by atoms with van der Waals surface area (Å²) >= 11 is 0. The van der Waals surface area contributed by atoms with Gasteiger partial charge in [0, 0.05) is 12.6 Å². The van der Waals surface area contributed by atoms with Gasteiger partial charge in [0.05, 0.1) is 6.04 Å². The van der Waals surface area contributed by atoms with Crippen LogP contribution >= 0.6 is 0 Å². The van der Waals surface area contributed by atoms with Crippen LogP contribution in [0.2, 0.25) is 0 Å². The summed E-state index contributed by atoms with van der Waals surface area (Å²) in [4.78, 5) is 38.3. The van der Waals surface area contributed by atoms with E-state index >= 15 is 0 Å². The topological polar surface area (TPSA) is 69.7 Å². The first-order valence-corrected chi connectivity index (χ1v) is 7.12. The molecular formula is C14H25N3O3. The van der Waals surface area contributed by atoms with Crippen LogP contribution in [0, 0.1) is 0 Å². The lowest BCUT2D eigenvalue weighted by Crippen LogP contribution is -2.50. The molecule has 0 bridgehead atoms. The van der Waals surface area contributed by atoms with Gasteiger partial charge in [0.2, 0.25) is 12.3 Å². The number of hydrogen-bond donors (Lipinski definition) is 1. The fourth-order valence-electron chi connectivity index (χ4n) is 2.41. The van der Waals surface area contributed by atoms with Crippen molar-refractivity contribution in [2.24, 2.45) is 0 Å². The van der Waals surface area contributed by atoms with Crippen LogP contribution in [0.1, 0.15) is 33.6 Å². The lowest BCUT2D eigenvalue weighted by molar-refractivity contribution is -0.134. The molecule has 114 valence electrons. The summed E-state index contributed by atoms with van der Waals surface area (Å²) < 4.78 is 0. The maximum absolute atomic E-state index is 12.2. The van der Waals surface area contributed by atoms with Crippen LogP contribution in [0.3, 0.4) is 0 Å². The van der Waals surface area contributed by atoms with Crippen molar-refractivity contribution in [1.29, 1.82) is 0 Å². The van der Waals surface area contributed by atoms with Gasteiger partial charge in [-0.3, -0.25) is 14.4 Å². The summed E-state index contributed by atoms with van der Waals surface area (Å²) in [5.41, 5.74) is 0. The number of nitrogens with one attached hydrogen (secondary N) is 1. The minimum absolute atomic E-state index is 0.0702. The Kier molecular flexibility index (Phi) is 6.13. The van der Waals surface area contributed by atoms with E-state index in [1.54, 1.807) is 11.8 Å². The van der Waals surface area contributed by atoms with E-state index < -0.39 is 12.1 Å². The van der Waals surface area contributed by atoms with Crippen molar-refractivity contribution in [3.63, 3.8) is 0 Å². The first kappa shape index (κ1) is 16.6. The van der Waals surface area contributed by atoms with Gasteiger partial charge in [0.15, 0.2) is 5.78 Å². The number of likely N-dealkylation sites (N-methyl/N-ethyl adjacent to an activating group) is 1. The zero-order chi connectivity index (χ0) is 15.3. The molecule has 0 aromatic carbocycles. The highest BCUT2D eigenvalue weighted by atomic mass is 16.2. The second-order valence-corrected chi connectivity index (χ2v) is 5.50. The molecule has 1 aliphatic heterocycles. The lowest BCUT2D eigenvalue weighted by Gasteiger charge is -2.29. The van der Waals surface area contributed by atoms with Crippen molar-refractivity contribution >= 4 is 18.1 Å². The smallest absolute Gasteiger partial charge is 0.243 e. The molecule has 3 atom stereocenters. The molecule has 1 rings (SSSR count).